The highest BCUT2D eigenvalue weighted by molar-refractivity contribution is 7.90. The lowest BCUT2D eigenvalue weighted by atomic mass is 10.1. The average molecular weight is 258 g/mol. The largest absolute Gasteiger partial charge is 0.610 e. The lowest BCUT2D eigenvalue weighted by molar-refractivity contribution is 0.597. The van der Waals surface area contributed by atoms with E-state index in [9.17, 15) is 4.55 Å². The topological polar surface area (TPSA) is 98.6 Å². The van der Waals surface area contributed by atoms with Crippen molar-refractivity contribution in [3.05, 3.63) is 35.9 Å². The summed E-state index contributed by atoms with van der Waals surface area (Å²) < 4.78 is 11.4. The van der Waals surface area contributed by atoms with E-state index in [0.717, 1.165) is 5.56 Å². The van der Waals surface area contributed by atoms with Crippen molar-refractivity contribution in [2.45, 2.75) is 5.03 Å². The maximum atomic E-state index is 11.4. The summed E-state index contributed by atoms with van der Waals surface area (Å²) in [7, 11) is 0. The Balaban J connectivity index is 2.53. The molecule has 1 unspecified atom stereocenters. The first kappa shape index (κ1) is 12.4. The molecule has 0 aliphatic heterocycles. The minimum Gasteiger partial charge on any atom is -0.610 e. The van der Waals surface area contributed by atoms with E-state index in [1.54, 1.807) is 24.3 Å². The first-order chi connectivity index (χ1) is 8.60. The first-order valence-electron chi connectivity index (χ1n) is 5.08. The molecular formula is C12H10N4OS. The van der Waals surface area contributed by atoms with E-state index in [1.165, 1.54) is 6.26 Å². The molecule has 90 valence electrons. The molecule has 0 radical (unpaired) electrons. The van der Waals surface area contributed by atoms with Gasteiger partial charge in [0.05, 0.1) is 17.3 Å². The Kier molecular flexibility index (Phi) is 3.46. The predicted octanol–water partition coefficient (Wildman–Crippen LogP) is 1.33. The summed E-state index contributed by atoms with van der Waals surface area (Å²) >= 11 is -1.23. The fraction of sp³-hybridized carbons (Fsp3) is 0.0833. The van der Waals surface area contributed by atoms with Crippen molar-refractivity contribution in [3.63, 3.8) is 0 Å². The zero-order chi connectivity index (χ0) is 13.1. The molecular weight excluding hydrogens is 248 g/mol. The quantitative estimate of drug-likeness (QED) is 0.647. The molecule has 0 bridgehead atoms. The minimum absolute atomic E-state index is 0.0695. The van der Waals surface area contributed by atoms with E-state index in [0.29, 0.717) is 16.3 Å². The molecule has 0 aliphatic rings. The summed E-state index contributed by atoms with van der Waals surface area (Å²) in [6, 6.07) is 10.6. The molecule has 2 rings (SSSR count). The van der Waals surface area contributed by atoms with Gasteiger partial charge in [0.1, 0.15) is 6.26 Å². The Labute approximate surface area is 107 Å². The van der Waals surface area contributed by atoms with Gasteiger partial charge in [0.25, 0.3) is 0 Å². The molecule has 0 aliphatic carbocycles. The monoisotopic (exact) mass is 258 g/mol. The van der Waals surface area contributed by atoms with Crippen LogP contribution in [0.1, 0.15) is 5.56 Å². The first-order valence-corrected chi connectivity index (χ1v) is 6.64. The number of nitrogens with two attached hydrogens (primary N) is 1. The minimum atomic E-state index is -1.23. The number of nitrogen functional groups attached to an aromatic ring is 1. The second-order valence-corrected chi connectivity index (χ2v) is 4.92. The molecule has 0 fully saturated rings. The van der Waals surface area contributed by atoms with Crippen LogP contribution in [0.15, 0.2) is 35.4 Å². The second kappa shape index (κ2) is 5.04. The fourth-order valence-corrected chi connectivity index (χ4v) is 1.99. The highest BCUT2D eigenvalue weighted by Crippen LogP contribution is 2.21. The summed E-state index contributed by atoms with van der Waals surface area (Å²) in [6.45, 7) is 0. The number of anilines is 1. The summed E-state index contributed by atoms with van der Waals surface area (Å²) in [4.78, 5) is 7.99. The van der Waals surface area contributed by atoms with Crippen molar-refractivity contribution in [2.24, 2.45) is 0 Å². The van der Waals surface area contributed by atoms with Gasteiger partial charge < -0.3 is 10.3 Å². The van der Waals surface area contributed by atoms with Gasteiger partial charge in [-0.15, -0.1) is 0 Å². The molecule has 1 heterocycles. The van der Waals surface area contributed by atoms with Gasteiger partial charge in [-0.1, -0.05) is 12.1 Å². The molecule has 1 atom stereocenters. The number of nitrogens with zero attached hydrogens (tertiary/aromatic N) is 3. The van der Waals surface area contributed by atoms with Gasteiger partial charge in [0.15, 0.2) is 0 Å². The Hall–Kier alpha value is -2.10. The van der Waals surface area contributed by atoms with Crippen LogP contribution in [0, 0.1) is 11.3 Å². The smallest absolute Gasteiger partial charge is 0.249 e. The van der Waals surface area contributed by atoms with Crippen molar-refractivity contribution in [3.8, 4) is 17.3 Å². The van der Waals surface area contributed by atoms with Crippen LogP contribution < -0.4 is 5.73 Å². The van der Waals surface area contributed by atoms with Crippen LogP contribution in [-0.4, -0.2) is 20.8 Å². The fourth-order valence-electron chi connectivity index (χ4n) is 1.49. The third-order valence-corrected chi connectivity index (χ3v) is 3.10. The maximum Gasteiger partial charge on any atom is 0.249 e. The lowest BCUT2D eigenvalue weighted by Crippen LogP contribution is -2.06. The summed E-state index contributed by atoms with van der Waals surface area (Å²) in [5.41, 5.74) is 7.42. The van der Waals surface area contributed by atoms with Crippen LogP contribution >= 0.6 is 0 Å². The summed E-state index contributed by atoms with van der Waals surface area (Å²) in [5.74, 6) is 0.0695. The summed E-state index contributed by atoms with van der Waals surface area (Å²) in [5, 5.41) is 9.23. The predicted molar refractivity (Wildman–Crippen MR) is 68.9 cm³/mol. The standard InChI is InChI=1S/C12H10N4OS/c1-18(17)11-6-10(15-12(14)16-11)9-4-2-3-8(5-9)7-13/h2-6H,1H3,(H2,14,15,16). The summed E-state index contributed by atoms with van der Waals surface area (Å²) in [6.07, 6.45) is 1.53. The Morgan fingerprint density at radius 3 is 2.78 bits per heavy atom. The highest BCUT2D eigenvalue weighted by atomic mass is 32.2. The average Bonchev–Trinajstić information content (AvgIpc) is 2.38. The van der Waals surface area contributed by atoms with Gasteiger partial charge in [-0.2, -0.15) is 10.2 Å². The van der Waals surface area contributed by atoms with Crippen molar-refractivity contribution in [1.82, 2.24) is 9.97 Å². The van der Waals surface area contributed by atoms with Gasteiger partial charge in [-0.05, 0) is 12.1 Å². The van der Waals surface area contributed by atoms with Gasteiger partial charge in [0.2, 0.25) is 11.0 Å². The number of aromatic nitrogens is 2. The van der Waals surface area contributed by atoms with E-state index < -0.39 is 11.2 Å². The van der Waals surface area contributed by atoms with Gasteiger partial charge in [0, 0.05) is 22.8 Å². The lowest BCUT2D eigenvalue weighted by Gasteiger charge is -2.06. The van der Waals surface area contributed by atoms with Crippen molar-refractivity contribution in [1.29, 1.82) is 5.26 Å². The molecule has 18 heavy (non-hydrogen) atoms. The normalized spacial score (nSPS) is 11.8. The zero-order valence-corrected chi connectivity index (χ0v) is 10.4. The molecule has 0 saturated carbocycles. The van der Waals surface area contributed by atoms with Crippen molar-refractivity contribution in [2.75, 3.05) is 12.0 Å². The van der Waals surface area contributed by atoms with Crippen LogP contribution in [0.4, 0.5) is 5.95 Å². The molecule has 0 amide bonds. The molecule has 6 heteroatoms. The van der Waals surface area contributed by atoms with Crippen molar-refractivity contribution < 1.29 is 4.55 Å². The zero-order valence-electron chi connectivity index (χ0n) is 9.62. The van der Waals surface area contributed by atoms with E-state index in [2.05, 4.69) is 16.0 Å². The molecule has 1 aromatic heterocycles. The van der Waals surface area contributed by atoms with E-state index in [1.807, 2.05) is 6.07 Å². The van der Waals surface area contributed by atoms with Gasteiger partial charge in [-0.3, -0.25) is 0 Å². The molecule has 2 aromatic rings. The number of nitriles is 1. The Morgan fingerprint density at radius 2 is 2.11 bits per heavy atom. The van der Waals surface area contributed by atoms with E-state index in [-0.39, 0.29) is 5.95 Å². The van der Waals surface area contributed by atoms with Gasteiger partial charge >= 0.3 is 0 Å². The van der Waals surface area contributed by atoms with E-state index in [4.69, 9.17) is 11.0 Å². The third-order valence-electron chi connectivity index (χ3n) is 2.30. The van der Waals surface area contributed by atoms with Gasteiger partial charge in [-0.25, -0.2) is 4.98 Å². The third kappa shape index (κ3) is 2.59. The van der Waals surface area contributed by atoms with Crippen molar-refractivity contribution >= 4 is 17.1 Å². The molecule has 1 aromatic carbocycles. The van der Waals surface area contributed by atoms with Crippen LogP contribution in [0.25, 0.3) is 11.3 Å². The molecule has 2 N–H and O–H groups in total. The molecule has 5 nitrogen and oxygen atoms in total. The molecule has 0 saturated heterocycles. The highest BCUT2D eigenvalue weighted by Gasteiger charge is 2.12. The SMILES string of the molecule is C[S+]([O-])c1cc(-c2cccc(C#N)c2)nc(N)n1. The number of hydrogen-bond donors (Lipinski definition) is 1. The van der Waals surface area contributed by atoms with Crippen LogP contribution in [0.2, 0.25) is 0 Å². The number of benzene rings is 1. The van der Waals surface area contributed by atoms with E-state index >= 15 is 0 Å². The van der Waals surface area contributed by atoms with Crippen LogP contribution in [0.3, 0.4) is 0 Å². The molecule has 0 spiro atoms. The Bertz CT molecular complexity index is 622. The second-order valence-electron chi connectivity index (χ2n) is 3.60. The maximum absolute atomic E-state index is 11.4. The van der Waals surface area contributed by atoms with Crippen LogP contribution in [0.5, 0.6) is 0 Å². The number of hydrogen-bond acceptors (Lipinski definition) is 5. The number of rotatable bonds is 2. The Morgan fingerprint density at radius 1 is 1.33 bits per heavy atom. The van der Waals surface area contributed by atoms with Crippen LogP contribution in [-0.2, 0) is 11.2 Å².